The molecule has 94 valence electrons. The van der Waals surface area contributed by atoms with Gasteiger partial charge in [0.2, 0.25) is 11.8 Å². The fourth-order valence-electron chi connectivity index (χ4n) is 2.16. The number of allylic oxidation sites excluding steroid dienone is 1. The lowest BCUT2D eigenvalue weighted by Crippen LogP contribution is -2.41. The number of amides is 2. The molecular weight excluding hydrogens is 230 g/mol. The topological polar surface area (TPSA) is 64.0 Å². The number of aromatic nitrogens is 2. The number of hydrogen-bond donors (Lipinski definition) is 1. The molecule has 0 bridgehead atoms. The highest BCUT2D eigenvalue weighted by molar-refractivity contribution is 6.00. The molecule has 1 saturated heterocycles. The van der Waals surface area contributed by atoms with Gasteiger partial charge in [0.25, 0.3) is 0 Å². The lowest BCUT2D eigenvalue weighted by molar-refractivity contribution is -0.134. The first-order valence-electron chi connectivity index (χ1n) is 5.73. The van der Waals surface area contributed by atoms with E-state index in [1.807, 2.05) is 0 Å². The second-order valence-corrected chi connectivity index (χ2v) is 4.28. The van der Waals surface area contributed by atoms with Gasteiger partial charge in [0.1, 0.15) is 0 Å². The number of carbonyl (C=O) groups is 2. The number of nitrogens with one attached hydrogen (secondary N) is 1. The van der Waals surface area contributed by atoms with Crippen molar-refractivity contribution in [2.75, 3.05) is 0 Å². The van der Waals surface area contributed by atoms with Gasteiger partial charge in [0, 0.05) is 18.7 Å². The van der Waals surface area contributed by atoms with Crippen LogP contribution in [0.2, 0.25) is 0 Å². The Hall–Kier alpha value is -2.17. The zero-order valence-corrected chi connectivity index (χ0v) is 10.3. The predicted octanol–water partition coefficient (Wildman–Crippen LogP) is -0.683. The first-order chi connectivity index (χ1) is 8.54. The number of aryl methyl sites for hydroxylation is 1. The molecule has 1 N–H and O–H groups in total. The zero-order chi connectivity index (χ0) is 13.3. The van der Waals surface area contributed by atoms with E-state index in [1.165, 1.54) is 0 Å². The van der Waals surface area contributed by atoms with Crippen LogP contribution >= 0.6 is 0 Å². The third-order valence-electron chi connectivity index (χ3n) is 3.07. The van der Waals surface area contributed by atoms with E-state index in [2.05, 4.69) is 23.6 Å². The van der Waals surface area contributed by atoms with Gasteiger partial charge in [-0.3, -0.25) is 19.6 Å². The van der Waals surface area contributed by atoms with E-state index in [4.69, 9.17) is 0 Å². The summed E-state index contributed by atoms with van der Waals surface area (Å²) >= 11 is 0. The average Bonchev–Trinajstić information content (AvgIpc) is 2.58. The lowest BCUT2D eigenvalue weighted by atomic mass is 9.94. The van der Waals surface area contributed by atoms with Gasteiger partial charge in [-0.2, -0.15) is 5.10 Å². The molecule has 0 saturated carbocycles. The normalized spacial score (nSPS) is 20.9. The number of nitrogens with zero attached hydrogens (tertiary/aromatic N) is 2. The highest BCUT2D eigenvalue weighted by Gasteiger charge is 2.30. The van der Waals surface area contributed by atoms with Gasteiger partial charge < -0.3 is 0 Å². The average molecular weight is 245 g/mol. The molecule has 2 rings (SSSR count). The van der Waals surface area contributed by atoms with E-state index in [0.29, 0.717) is 23.8 Å². The molecule has 1 unspecified atom stereocenters. The minimum absolute atomic E-state index is 0.226. The van der Waals surface area contributed by atoms with Crippen LogP contribution < -0.4 is 15.9 Å². The quantitative estimate of drug-likeness (QED) is 0.702. The molecule has 5 nitrogen and oxygen atoms in total. The number of imide groups is 1. The predicted molar refractivity (Wildman–Crippen MR) is 67.8 cm³/mol. The summed E-state index contributed by atoms with van der Waals surface area (Å²) in [6.07, 6.45) is 4.27. The van der Waals surface area contributed by atoms with E-state index in [0.717, 1.165) is 5.35 Å². The van der Waals surface area contributed by atoms with Crippen LogP contribution in [0.1, 0.15) is 24.5 Å². The van der Waals surface area contributed by atoms with Gasteiger partial charge >= 0.3 is 0 Å². The van der Waals surface area contributed by atoms with Crippen molar-refractivity contribution in [3.05, 3.63) is 28.9 Å². The van der Waals surface area contributed by atoms with Crippen LogP contribution in [-0.4, -0.2) is 21.6 Å². The Morgan fingerprint density at radius 1 is 1.50 bits per heavy atom. The standard InChI is InChI=1S/C13H15N3O2/c1-4-5-10-8(2)12(15-16(10)3)9-6-7-11(17)14-13(9)18/h4-5,9H,1-2,6-7H2,3H3,(H,14,17,18)/b10-5+. The van der Waals surface area contributed by atoms with Crippen molar-refractivity contribution in [2.45, 2.75) is 18.8 Å². The van der Waals surface area contributed by atoms with Gasteiger partial charge in [-0.25, -0.2) is 0 Å². The molecule has 18 heavy (non-hydrogen) atoms. The monoisotopic (exact) mass is 245 g/mol. The molecule has 2 amide bonds. The van der Waals surface area contributed by atoms with Crippen molar-refractivity contribution in [1.29, 1.82) is 0 Å². The Morgan fingerprint density at radius 2 is 2.22 bits per heavy atom. The van der Waals surface area contributed by atoms with E-state index in [9.17, 15) is 9.59 Å². The molecule has 1 atom stereocenters. The maximum atomic E-state index is 11.8. The van der Waals surface area contributed by atoms with Crippen LogP contribution in [0.3, 0.4) is 0 Å². The summed E-state index contributed by atoms with van der Waals surface area (Å²) in [5.74, 6) is -0.913. The summed E-state index contributed by atoms with van der Waals surface area (Å²) in [6.45, 7) is 7.60. The summed E-state index contributed by atoms with van der Waals surface area (Å²) in [7, 11) is 1.79. The van der Waals surface area contributed by atoms with E-state index >= 15 is 0 Å². The molecule has 5 heteroatoms. The molecule has 1 aromatic rings. The largest absolute Gasteiger partial charge is 0.296 e. The molecule has 1 aliphatic rings. The van der Waals surface area contributed by atoms with Crippen LogP contribution in [0.25, 0.3) is 12.7 Å². The fourth-order valence-corrected chi connectivity index (χ4v) is 2.16. The van der Waals surface area contributed by atoms with Crippen LogP contribution in [0, 0.1) is 0 Å². The summed E-state index contributed by atoms with van der Waals surface area (Å²) < 4.78 is 1.67. The summed E-state index contributed by atoms with van der Waals surface area (Å²) in [6, 6.07) is 0. The Kier molecular flexibility index (Phi) is 3.14. The first-order valence-corrected chi connectivity index (χ1v) is 5.73. The van der Waals surface area contributed by atoms with Crippen molar-refractivity contribution >= 4 is 24.5 Å². The zero-order valence-electron chi connectivity index (χ0n) is 10.3. The smallest absolute Gasteiger partial charge is 0.235 e. The SMILES string of the molecule is C=C/C=c1\c(=C)c(C2CCC(=O)NC2=O)nn1C. The van der Waals surface area contributed by atoms with Gasteiger partial charge in [0.05, 0.1) is 17.0 Å². The molecule has 1 aliphatic heterocycles. The number of carbonyl (C=O) groups excluding carboxylic acids is 2. The Bertz CT molecular complexity index is 627. The highest BCUT2D eigenvalue weighted by atomic mass is 16.2. The molecule has 0 aliphatic carbocycles. The number of piperidine rings is 1. The molecule has 0 spiro atoms. The molecule has 2 heterocycles. The number of hydrogen-bond acceptors (Lipinski definition) is 3. The van der Waals surface area contributed by atoms with Crippen molar-refractivity contribution in [2.24, 2.45) is 7.05 Å². The van der Waals surface area contributed by atoms with Crippen molar-refractivity contribution in [3.63, 3.8) is 0 Å². The number of rotatable bonds is 2. The molecule has 0 radical (unpaired) electrons. The van der Waals surface area contributed by atoms with Crippen LogP contribution in [0.15, 0.2) is 12.7 Å². The molecule has 1 aromatic heterocycles. The van der Waals surface area contributed by atoms with Crippen molar-refractivity contribution < 1.29 is 9.59 Å². The second-order valence-electron chi connectivity index (χ2n) is 4.28. The van der Waals surface area contributed by atoms with Crippen molar-refractivity contribution in [1.82, 2.24) is 15.1 Å². The molecule has 0 aromatic carbocycles. The Labute approximate surface area is 104 Å². The van der Waals surface area contributed by atoms with Crippen LogP contribution in [0.5, 0.6) is 0 Å². The summed E-state index contributed by atoms with van der Waals surface area (Å²) in [5, 5.41) is 8.20. The fraction of sp³-hybridized carbons (Fsp3) is 0.308. The maximum Gasteiger partial charge on any atom is 0.235 e. The Morgan fingerprint density at radius 3 is 2.83 bits per heavy atom. The first kappa shape index (κ1) is 12.3. The van der Waals surface area contributed by atoms with E-state index in [1.54, 1.807) is 23.9 Å². The third-order valence-corrected chi connectivity index (χ3v) is 3.07. The summed E-state index contributed by atoms with van der Waals surface area (Å²) in [5.41, 5.74) is 0.635. The van der Waals surface area contributed by atoms with Gasteiger partial charge in [0.15, 0.2) is 0 Å². The van der Waals surface area contributed by atoms with Gasteiger partial charge in [-0.05, 0) is 12.5 Å². The van der Waals surface area contributed by atoms with E-state index < -0.39 is 5.92 Å². The Balaban J connectivity index is 2.47. The maximum absolute atomic E-state index is 11.8. The molecule has 1 fully saturated rings. The van der Waals surface area contributed by atoms with Crippen LogP contribution in [-0.2, 0) is 16.6 Å². The van der Waals surface area contributed by atoms with Gasteiger partial charge in [-0.1, -0.05) is 19.2 Å². The summed E-state index contributed by atoms with van der Waals surface area (Å²) in [4.78, 5) is 22.9. The van der Waals surface area contributed by atoms with Crippen molar-refractivity contribution in [3.8, 4) is 0 Å². The van der Waals surface area contributed by atoms with Gasteiger partial charge in [-0.15, -0.1) is 0 Å². The molecular formula is C13H15N3O2. The highest BCUT2D eigenvalue weighted by Crippen LogP contribution is 2.19. The second kappa shape index (κ2) is 4.60. The van der Waals surface area contributed by atoms with Crippen LogP contribution in [0.4, 0.5) is 0 Å². The minimum Gasteiger partial charge on any atom is -0.296 e. The minimum atomic E-state index is -0.395. The lowest BCUT2D eigenvalue weighted by Gasteiger charge is -2.18. The third kappa shape index (κ3) is 1.99. The van der Waals surface area contributed by atoms with E-state index in [-0.39, 0.29) is 11.8 Å².